The molecule has 0 aliphatic carbocycles. The Morgan fingerprint density at radius 2 is 2.29 bits per heavy atom. The lowest BCUT2D eigenvalue weighted by Gasteiger charge is -2.01. The molecule has 1 heterocycles. The molecule has 2 N–H and O–H groups in total. The van der Waals surface area contributed by atoms with Crippen molar-refractivity contribution in [1.82, 2.24) is 9.97 Å². The highest BCUT2D eigenvalue weighted by atomic mass is 16.1. The van der Waals surface area contributed by atoms with Gasteiger partial charge in [-0.1, -0.05) is 18.2 Å². The van der Waals surface area contributed by atoms with Crippen LogP contribution < -0.4 is 5.32 Å². The molecule has 86 valence electrons. The van der Waals surface area contributed by atoms with Crippen LogP contribution in [-0.2, 0) is 4.79 Å². The molecular weight excluding hydrogens is 214 g/mol. The molecule has 17 heavy (non-hydrogen) atoms. The number of benzene rings is 1. The molecular formula is C13H13N3O. The van der Waals surface area contributed by atoms with Gasteiger partial charge in [-0.2, -0.15) is 0 Å². The van der Waals surface area contributed by atoms with Crippen LogP contribution in [0.25, 0.3) is 11.0 Å². The molecule has 0 saturated carbocycles. The summed E-state index contributed by atoms with van der Waals surface area (Å²) >= 11 is 0. The largest absolute Gasteiger partial charge is 0.345 e. The Morgan fingerprint density at radius 1 is 1.41 bits per heavy atom. The predicted molar refractivity (Wildman–Crippen MR) is 68.7 cm³/mol. The van der Waals surface area contributed by atoms with Crippen LogP contribution in [0.1, 0.15) is 6.92 Å². The number of fused-ring (bicyclic) bond motifs is 1. The first-order valence-electron chi connectivity index (χ1n) is 5.33. The van der Waals surface area contributed by atoms with Crippen LogP contribution in [0.4, 0.5) is 5.69 Å². The Hall–Kier alpha value is -2.36. The zero-order valence-electron chi connectivity index (χ0n) is 9.47. The van der Waals surface area contributed by atoms with Gasteiger partial charge in [-0.15, -0.1) is 0 Å². The molecule has 0 unspecified atom stereocenters. The molecule has 1 aromatic heterocycles. The quantitative estimate of drug-likeness (QED) is 0.625. The van der Waals surface area contributed by atoms with Crippen LogP contribution in [0.5, 0.6) is 0 Å². The molecule has 0 saturated heterocycles. The lowest BCUT2D eigenvalue weighted by molar-refractivity contribution is -0.111. The number of aromatic nitrogens is 2. The van der Waals surface area contributed by atoms with Crippen molar-refractivity contribution < 1.29 is 4.79 Å². The first-order chi connectivity index (χ1) is 8.29. The molecule has 2 aromatic rings. The number of carbonyl (C=O) groups excluding carboxylic acids is 1. The average Bonchev–Trinajstić information content (AvgIpc) is 2.76. The third kappa shape index (κ3) is 2.81. The van der Waals surface area contributed by atoms with Gasteiger partial charge < -0.3 is 10.3 Å². The number of imidazole rings is 1. The number of hydrogen-bond acceptors (Lipinski definition) is 2. The summed E-state index contributed by atoms with van der Waals surface area (Å²) in [6, 6.07) is 5.53. The van der Waals surface area contributed by atoms with Gasteiger partial charge in [0.15, 0.2) is 0 Å². The third-order valence-electron chi connectivity index (χ3n) is 2.24. The van der Waals surface area contributed by atoms with Gasteiger partial charge in [-0.3, -0.25) is 4.79 Å². The van der Waals surface area contributed by atoms with Crippen LogP contribution >= 0.6 is 0 Å². The summed E-state index contributed by atoms with van der Waals surface area (Å²) in [4.78, 5) is 18.6. The molecule has 4 nitrogen and oxygen atoms in total. The van der Waals surface area contributed by atoms with Crippen LogP contribution in [-0.4, -0.2) is 15.9 Å². The second-order valence-electron chi connectivity index (χ2n) is 3.51. The fraction of sp³-hybridized carbons (Fsp3) is 0.0769. The van der Waals surface area contributed by atoms with Crippen molar-refractivity contribution in [3.63, 3.8) is 0 Å². The van der Waals surface area contributed by atoms with Crippen molar-refractivity contribution in [2.45, 2.75) is 6.92 Å². The summed E-state index contributed by atoms with van der Waals surface area (Å²) in [5.74, 6) is -0.151. The van der Waals surface area contributed by atoms with E-state index in [9.17, 15) is 4.79 Å². The monoisotopic (exact) mass is 227 g/mol. The van der Waals surface area contributed by atoms with Gasteiger partial charge in [-0.05, 0) is 25.1 Å². The van der Waals surface area contributed by atoms with E-state index < -0.39 is 0 Å². The van der Waals surface area contributed by atoms with E-state index in [0.717, 1.165) is 16.7 Å². The second kappa shape index (κ2) is 5.12. The minimum absolute atomic E-state index is 0.151. The maximum Gasteiger partial charge on any atom is 0.248 e. The third-order valence-corrected chi connectivity index (χ3v) is 2.24. The number of nitrogens with one attached hydrogen (secondary N) is 2. The van der Waals surface area contributed by atoms with E-state index in [0.29, 0.717) is 0 Å². The van der Waals surface area contributed by atoms with Crippen molar-refractivity contribution in [2.24, 2.45) is 0 Å². The molecule has 1 aromatic carbocycles. The summed E-state index contributed by atoms with van der Waals surface area (Å²) in [5, 5.41) is 2.78. The molecule has 0 aliphatic heterocycles. The van der Waals surface area contributed by atoms with Gasteiger partial charge in [0.25, 0.3) is 0 Å². The molecule has 0 fully saturated rings. The van der Waals surface area contributed by atoms with Gasteiger partial charge in [0.05, 0.1) is 17.4 Å². The van der Waals surface area contributed by atoms with Crippen molar-refractivity contribution in [3.8, 4) is 0 Å². The van der Waals surface area contributed by atoms with Gasteiger partial charge >= 0.3 is 0 Å². The number of allylic oxidation sites excluding steroid dienone is 3. The number of amides is 1. The number of carbonyl (C=O) groups is 1. The maximum atomic E-state index is 11.5. The summed E-state index contributed by atoms with van der Waals surface area (Å²) in [6.07, 6.45) is 8.47. The molecule has 2 rings (SSSR count). The highest BCUT2D eigenvalue weighted by Gasteiger charge is 2.00. The minimum Gasteiger partial charge on any atom is -0.345 e. The van der Waals surface area contributed by atoms with E-state index in [4.69, 9.17) is 0 Å². The molecule has 0 radical (unpaired) electrons. The number of hydrogen-bond donors (Lipinski definition) is 2. The van der Waals surface area contributed by atoms with E-state index in [1.807, 2.05) is 31.2 Å². The standard InChI is InChI=1S/C13H13N3O/c1-2-3-4-5-13(17)16-10-6-7-11-12(8-10)15-9-14-11/h2-9H,1H3,(H,14,15)(H,16,17)/b3-2+,5-4+. The fourth-order valence-corrected chi connectivity index (χ4v) is 1.45. The lowest BCUT2D eigenvalue weighted by Crippen LogP contribution is -2.07. The Kier molecular flexibility index (Phi) is 3.35. The molecule has 0 bridgehead atoms. The number of H-pyrrole nitrogens is 1. The van der Waals surface area contributed by atoms with E-state index in [1.54, 1.807) is 18.5 Å². The van der Waals surface area contributed by atoms with Crippen LogP contribution in [0, 0.1) is 0 Å². The number of aromatic amines is 1. The van der Waals surface area contributed by atoms with E-state index in [1.165, 1.54) is 6.08 Å². The van der Waals surface area contributed by atoms with Crippen molar-refractivity contribution in [1.29, 1.82) is 0 Å². The Balaban J connectivity index is 2.10. The Labute approximate surface area is 99.1 Å². The van der Waals surface area contributed by atoms with Crippen LogP contribution in [0.2, 0.25) is 0 Å². The fourth-order valence-electron chi connectivity index (χ4n) is 1.45. The summed E-state index contributed by atoms with van der Waals surface area (Å²) < 4.78 is 0. The van der Waals surface area contributed by atoms with Gasteiger partial charge in [0.2, 0.25) is 5.91 Å². The summed E-state index contributed by atoms with van der Waals surface area (Å²) in [5.41, 5.74) is 2.53. The smallest absolute Gasteiger partial charge is 0.248 e. The minimum atomic E-state index is -0.151. The van der Waals surface area contributed by atoms with Gasteiger partial charge in [0, 0.05) is 11.8 Å². The zero-order valence-corrected chi connectivity index (χ0v) is 9.47. The van der Waals surface area contributed by atoms with Gasteiger partial charge in [-0.25, -0.2) is 4.98 Å². The molecule has 1 amide bonds. The van der Waals surface area contributed by atoms with Crippen LogP contribution in [0.15, 0.2) is 48.8 Å². The Morgan fingerprint density at radius 3 is 3.12 bits per heavy atom. The van der Waals surface area contributed by atoms with E-state index in [2.05, 4.69) is 15.3 Å². The predicted octanol–water partition coefficient (Wildman–Crippen LogP) is 2.63. The first-order valence-corrected chi connectivity index (χ1v) is 5.33. The normalized spacial score (nSPS) is 11.6. The van der Waals surface area contributed by atoms with Crippen molar-refractivity contribution in [2.75, 3.05) is 5.32 Å². The lowest BCUT2D eigenvalue weighted by atomic mass is 10.2. The number of anilines is 1. The molecule has 0 aliphatic rings. The highest BCUT2D eigenvalue weighted by Crippen LogP contribution is 2.15. The number of nitrogens with zero attached hydrogens (tertiary/aromatic N) is 1. The molecule has 4 heteroatoms. The molecule has 0 spiro atoms. The van der Waals surface area contributed by atoms with Crippen molar-refractivity contribution >= 4 is 22.6 Å². The van der Waals surface area contributed by atoms with Gasteiger partial charge in [0.1, 0.15) is 0 Å². The maximum absolute atomic E-state index is 11.5. The SMILES string of the molecule is C/C=C/C=C/C(=O)Nc1ccc2nc[nH]c2c1. The first kappa shape index (κ1) is 11.1. The van der Waals surface area contributed by atoms with E-state index >= 15 is 0 Å². The molecule has 0 atom stereocenters. The van der Waals surface area contributed by atoms with Crippen LogP contribution in [0.3, 0.4) is 0 Å². The topological polar surface area (TPSA) is 57.8 Å². The average molecular weight is 227 g/mol. The Bertz CT molecular complexity index is 581. The number of rotatable bonds is 3. The second-order valence-corrected chi connectivity index (χ2v) is 3.51. The van der Waals surface area contributed by atoms with Crippen molar-refractivity contribution in [3.05, 3.63) is 48.8 Å². The zero-order chi connectivity index (χ0) is 12.1. The van der Waals surface area contributed by atoms with E-state index in [-0.39, 0.29) is 5.91 Å². The summed E-state index contributed by atoms with van der Waals surface area (Å²) in [6.45, 7) is 1.90. The summed E-state index contributed by atoms with van der Waals surface area (Å²) in [7, 11) is 0. The highest BCUT2D eigenvalue weighted by molar-refractivity contribution is 6.00.